The molecule has 0 fully saturated rings. The van der Waals surface area contributed by atoms with Crippen molar-refractivity contribution in [3.8, 4) is 0 Å². The van der Waals surface area contributed by atoms with E-state index in [1.54, 1.807) is 6.07 Å². The second kappa shape index (κ2) is 5.10. The van der Waals surface area contributed by atoms with Gasteiger partial charge in [-0.05, 0) is 30.3 Å². The van der Waals surface area contributed by atoms with Gasteiger partial charge in [0.25, 0.3) is 5.91 Å². The molecule has 92 valence electrons. The van der Waals surface area contributed by atoms with Gasteiger partial charge in [-0.1, -0.05) is 11.6 Å². The molecule has 3 nitrogen and oxygen atoms in total. The molecule has 0 radical (unpaired) electrons. The summed E-state index contributed by atoms with van der Waals surface area (Å²) in [6.07, 6.45) is 1.36. The monoisotopic (exact) mass is 268 g/mol. The number of anilines is 1. The number of carbonyl (C=O) groups excluding carboxylic acids is 1. The van der Waals surface area contributed by atoms with Crippen LogP contribution in [-0.2, 0) is 0 Å². The number of rotatable bonds is 2. The zero-order valence-electron chi connectivity index (χ0n) is 8.95. The third-order valence-corrected chi connectivity index (χ3v) is 2.37. The lowest BCUT2D eigenvalue weighted by atomic mass is 10.2. The highest BCUT2D eigenvalue weighted by Gasteiger charge is 2.10. The van der Waals surface area contributed by atoms with Crippen LogP contribution < -0.4 is 5.32 Å². The Morgan fingerprint density at radius 2 is 1.94 bits per heavy atom. The van der Waals surface area contributed by atoms with Crippen molar-refractivity contribution in [2.75, 3.05) is 5.32 Å². The summed E-state index contributed by atoms with van der Waals surface area (Å²) in [5, 5.41) is 2.87. The molecule has 0 spiro atoms. The largest absolute Gasteiger partial charge is 0.307 e. The highest BCUT2D eigenvalue weighted by atomic mass is 35.5. The summed E-state index contributed by atoms with van der Waals surface area (Å²) in [4.78, 5) is 15.5. The number of amides is 1. The average molecular weight is 269 g/mol. The molecule has 1 aromatic heterocycles. The van der Waals surface area contributed by atoms with E-state index < -0.39 is 17.5 Å². The molecule has 1 N–H and O–H groups in total. The van der Waals surface area contributed by atoms with Crippen molar-refractivity contribution in [1.82, 2.24) is 4.98 Å². The Morgan fingerprint density at radius 1 is 1.17 bits per heavy atom. The van der Waals surface area contributed by atoms with Crippen molar-refractivity contribution in [2.45, 2.75) is 0 Å². The van der Waals surface area contributed by atoms with Gasteiger partial charge in [0, 0.05) is 11.8 Å². The SMILES string of the molecule is O=C(Nc1ccc(Cl)cn1)c1ccc(F)c(F)c1. The van der Waals surface area contributed by atoms with Crippen LogP contribution in [0.4, 0.5) is 14.6 Å². The van der Waals surface area contributed by atoms with Crippen LogP contribution in [0.1, 0.15) is 10.4 Å². The number of benzene rings is 1. The van der Waals surface area contributed by atoms with E-state index in [1.165, 1.54) is 18.3 Å². The van der Waals surface area contributed by atoms with Crippen molar-refractivity contribution >= 4 is 23.3 Å². The average Bonchev–Trinajstić information content (AvgIpc) is 2.35. The van der Waals surface area contributed by atoms with Crippen LogP contribution >= 0.6 is 11.6 Å². The first kappa shape index (κ1) is 12.4. The topological polar surface area (TPSA) is 42.0 Å². The van der Waals surface area contributed by atoms with Crippen molar-refractivity contribution in [1.29, 1.82) is 0 Å². The van der Waals surface area contributed by atoms with Gasteiger partial charge in [0.1, 0.15) is 5.82 Å². The van der Waals surface area contributed by atoms with Gasteiger partial charge in [0.15, 0.2) is 11.6 Å². The normalized spacial score (nSPS) is 10.2. The number of hydrogen-bond donors (Lipinski definition) is 1. The molecule has 0 aliphatic heterocycles. The van der Waals surface area contributed by atoms with E-state index >= 15 is 0 Å². The van der Waals surface area contributed by atoms with Gasteiger partial charge in [-0.25, -0.2) is 13.8 Å². The van der Waals surface area contributed by atoms with E-state index in [-0.39, 0.29) is 11.4 Å². The van der Waals surface area contributed by atoms with Gasteiger partial charge in [0.2, 0.25) is 0 Å². The van der Waals surface area contributed by atoms with E-state index in [4.69, 9.17) is 11.6 Å². The summed E-state index contributed by atoms with van der Waals surface area (Å²) in [5.41, 5.74) is 0.00523. The van der Waals surface area contributed by atoms with Crippen LogP contribution in [0.15, 0.2) is 36.5 Å². The standard InChI is InChI=1S/C12H7ClF2N2O/c13-8-2-4-11(16-6-8)17-12(18)7-1-3-9(14)10(15)5-7/h1-6H,(H,16,17,18). The number of aromatic nitrogens is 1. The summed E-state index contributed by atoms with van der Waals surface area (Å²) in [7, 11) is 0. The molecule has 6 heteroatoms. The first-order valence-electron chi connectivity index (χ1n) is 4.94. The minimum absolute atomic E-state index is 0.00523. The molecule has 0 saturated heterocycles. The smallest absolute Gasteiger partial charge is 0.256 e. The van der Waals surface area contributed by atoms with E-state index in [1.807, 2.05) is 0 Å². The maximum atomic E-state index is 12.9. The molecule has 0 saturated carbocycles. The number of hydrogen-bond acceptors (Lipinski definition) is 2. The number of nitrogens with zero attached hydrogens (tertiary/aromatic N) is 1. The van der Waals surface area contributed by atoms with E-state index in [9.17, 15) is 13.6 Å². The van der Waals surface area contributed by atoms with Crippen LogP contribution in [0, 0.1) is 11.6 Å². The lowest BCUT2D eigenvalue weighted by Gasteiger charge is -2.04. The minimum atomic E-state index is -1.08. The van der Waals surface area contributed by atoms with E-state index in [0.717, 1.165) is 12.1 Å². The van der Waals surface area contributed by atoms with Crippen molar-refractivity contribution < 1.29 is 13.6 Å². The second-order valence-corrected chi connectivity index (χ2v) is 3.88. The van der Waals surface area contributed by atoms with Gasteiger partial charge in [-0.3, -0.25) is 4.79 Å². The Balaban J connectivity index is 2.16. The lowest BCUT2D eigenvalue weighted by Crippen LogP contribution is -2.13. The van der Waals surface area contributed by atoms with Crippen molar-refractivity contribution in [3.63, 3.8) is 0 Å². The zero-order chi connectivity index (χ0) is 13.1. The van der Waals surface area contributed by atoms with E-state index in [2.05, 4.69) is 10.3 Å². The molecule has 1 amide bonds. The fourth-order valence-electron chi connectivity index (χ4n) is 1.28. The Labute approximate surface area is 106 Å². The van der Waals surface area contributed by atoms with Crippen LogP contribution in [0.5, 0.6) is 0 Å². The Morgan fingerprint density at radius 3 is 2.56 bits per heavy atom. The van der Waals surface area contributed by atoms with Crippen molar-refractivity contribution in [2.24, 2.45) is 0 Å². The third kappa shape index (κ3) is 2.81. The maximum absolute atomic E-state index is 12.9. The number of nitrogens with one attached hydrogen (secondary N) is 1. The van der Waals surface area contributed by atoms with Gasteiger partial charge in [-0.15, -0.1) is 0 Å². The van der Waals surface area contributed by atoms with Crippen LogP contribution in [0.3, 0.4) is 0 Å². The molecule has 1 aromatic carbocycles. The lowest BCUT2D eigenvalue weighted by molar-refractivity contribution is 0.102. The number of halogens is 3. The molecule has 0 unspecified atom stereocenters. The number of carbonyl (C=O) groups is 1. The minimum Gasteiger partial charge on any atom is -0.307 e. The van der Waals surface area contributed by atoms with Gasteiger partial charge >= 0.3 is 0 Å². The fourth-order valence-corrected chi connectivity index (χ4v) is 1.39. The van der Waals surface area contributed by atoms with Gasteiger partial charge < -0.3 is 5.32 Å². The second-order valence-electron chi connectivity index (χ2n) is 3.44. The van der Waals surface area contributed by atoms with Crippen LogP contribution in [0.2, 0.25) is 5.02 Å². The summed E-state index contributed by atoms with van der Waals surface area (Å²) in [6.45, 7) is 0. The van der Waals surface area contributed by atoms with Crippen LogP contribution in [-0.4, -0.2) is 10.9 Å². The molecule has 0 aliphatic carbocycles. The maximum Gasteiger partial charge on any atom is 0.256 e. The zero-order valence-corrected chi connectivity index (χ0v) is 9.71. The predicted molar refractivity (Wildman–Crippen MR) is 63.6 cm³/mol. The summed E-state index contributed by atoms with van der Waals surface area (Å²) in [5.74, 6) is -2.39. The van der Waals surface area contributed by atoms with Crippen LogP contribution in [0.25, 0.3) is 0 Å². The first-order valence-corrected chi connectivity index (χ1v) is 5.32. The molecule has 2 rings (SSSR count). The number of pyridine rings is 1. The van der Waals surface area contributed by atoms with E-state index in [0.29, 0.717) is 5.02 Å². The highest BCUT2D eigenvalue weighted by molar-refractivity contribution is 6.30. The summed E-state index contributed by atoms with van der Waals surface area (Å²) in [6, 6.07) is 5.94. The molecule has 2 aromatic rings. The quantitative estimate of drug-likeness (QED) is 0.908. The molecule has 0 atom stereocenters. The molecule has 1 heterocycles. The highest BCUT2D eigenvalue weighted by Crippen LogP contribution is 2.13. The summed E-state index contributed by atoms with van der Waals surface area (Å²) < 4.78 is 25.6. The van der Waals surface area contributed by atoms with Gasteiger partial charge in [0.05, 0.1) is 5.02 Å². The fraction of sp³-hybridized carbons (Fsp3) is 0. The third-order valence-electron chi connectivity index (χ3n) is 2.15. The molecule has 0 bridgehead atoms. The molecule has 0 aliphatic rings. The predicted octanol–water partition coefficient (Wildman–Crippen LogP) is 3.27. The Bertz CT molecular complexity index is 587. The molecular weight excluding hydrogens is 262 g/mol. The van der Waals surface area contributed by atoms with Crippen molar-refractivity contribution in [3.05, 3.63) is 58.7 Å². The first-order chi connectivity index (χ1) is 8.56. The summed E-state index contributed by atoms with van der Waals surface area (Å²) >= 11 is 5.64. The van der Waals surface area contributed by atoms with Gasteiger partial charge in [-0.2, -0.15) is 0 Å². The molecule has 18 heavy (non-hydrogen) atoms. The Hall–Kier alpha value is -2.01. The molecular formula is C12H7ClF2N2O. The Kier molecular flexibility index (Phi) is 3.53.